The summed E-state index contributed by atoms with van der Waals surface area (Å²) < 4.78 is 0. The highest BCUT2D eigenvalue weighted by molar-refractivity contribution is 6.36. The molecule has 26 heavy (non-hydrogen) atoms. The van der Waals surface area contributed by atoms with Gasteiger partial charge in [-0.25, -0.2) is 9.97 Å². The van der Waals surface area contributed by atoms with Crippen molar-refractivity contribution in [2.45, 2.75) is 19.4 Å². The smallest absolute Gasteiger partial charge is 0.223 e. The Bertz CT molecular complexity index is 950. The Hall–Kier alpha value is -2.37. The third kappa shape index (κ3) is 3.20. The highest BCUT2D eigenvalue weighted by Gasteiger charge is 2.16. The lowest BCUT2D eigenvalue weighted by molar-refractivity contribution is 0.782. The van der Waals surface area contributed by atoms with Crippen LogP contribution in [0.1, 0.15) is 12.0 Å². The summed E-state index contributed by atoms with van der Waals surface area (Å²) in [6.07, 6.45) is 2.97. The molecule has 134 valence electrons. The molecule has 1 fully saturated rings. The molecule has 0 radical (unpaired) electrons. The Morgan fingerprint density at radius 1 is 1.23 bits per heavy atom. The number of aryl methyl sites for hydroxylation is 1. The van der Waals surface area contributed by atoms with Gasteiger partial charge in [0.1, 0.15) is 0 Å². The zero-order valence-electron chi connectivity index (χ0n) is 14.9. The lowest BCUT2D eigenvalue weighted by Crippen LogP contribution is -2.23. The standard InChI is InChI=1S/C20H22ClN5/c1-12-3-5-17(22-2)19(21)18(12)13-4-6-16-14(9-13)10-24-20(26-16)25-15-7-8-23-11-15/h3-6,9-10,15,22-23H,7-8,11H2,1-2H3,(H,24,25,26)/t15-/m1/s1. The predicted molar refractivity (Wildman–Crippen MR) is 109 cm³/mol. The van der Waals surface area contributed by atoms with E-state index in [0.717, 1.165) is 57.8 Å². The van der Waals surface area contributed by atoms with E-state index in [0.29, 0.717) is 12.0 Å². The molecule has 5 nitrogen and oxygen atoms in total. The first-order valence-electron chi connectivity index (χ1n) is 8.87. The molecule has 1 atom stereocenters. The van der Waals surface area contributed by atoms with Gasteiger partial charge in [-0.15, -0.1) is 0 Å². The quantitative estimate of drug-likeness (QED) is 0.648. The predicted octanol–water partition coefficient (Wildman–Crippen LogP) is 4.07. The lowest BCUT2D eigenvalue weighted by atomic mass is 9.98. The topological polar surface area (TPSA) is 61.9 Å². The first-order chi connectivity index (χ1) is 12.7. The average molecular weight is 368 g/mol. The molecule has 3 aromatic rings. The van der Waals surface area contributed by atoms with E-state index in [2.05, 4.69) is 51.0 Å². The molecule has 0 aliphatic carbocycles. The van der Waals surface area contributed by atoms with Crippen LogP contribution in [0.4, 0.5) is 11.6 Å². The maximum absolute atomic E-state index is 6.61. The second-order valence-corrected chi connectivity index (χ2v) is 7.05. The van der Waals surface area contributed by atoms with Crippen molar-refractivity contribution in [3.05, 3.63) is 47.1 Å². The summed E-state index contributed by atoms with van der Waals surface area (Å²) in [7, 11) is 1.88. The van der Waals surface area contributed by atoms with Gasteiger partial charge >= 0.3 is 0 Å². The summed E-state index contributed by atoms with van der Waals surface area (Å²) in [5.41, 5.74) is 5.10. The number of halogens is 1. The summed E-state index contributed by atoms with van der Waals surface area (Å²) in [5.74, 6) is 0.686. The SMILES string of the molecule is CNc1ccc(C)c(-c2ccc3nc(N[C@@H]4CCNC4)ncc3c2)c1Cl. The monoisotopic (exact) mass is 367 g/mol. The van der Waals surface area contributed by atoms with Crippen molar-refractivity contribution in [3.63, 3.8) is 0 Å². The molecule has 2 heterocycles. The van der Waals surface area contributed by atoms with Gasteiger partial charge in [-0.2, -0.15) is 0 Å². The molecule has 2 aromatic carbocycles. The fourth-order valence-electron chi connectivity index (χ4n) is 3.44. The Morgan fingerprint density at radius 2 is 2.12 bits per heavy atom. The molecule has 0 amide bonds. The van der Waals surface area contributed by atoms with Crippen LogP contribution in [-0.4, -0.2) is 36.1 Å². The minimum atomic E-state index is 0.400. The van der Waals surface area contributed by atoms with Crippen LogP contribution >= 0.6 is 11.6 Å². The largest absolute Gasteiger partial charge is 0.387 e. The molecule has 1 aromatic heterocycles. The van der Waals surface area contributed by atoms with E-state index in [1.807, 2.05) is 25.4 Å². The van der Waals surface area contributed by atoms with Gasteiger partial charge in [-0.3, -0.25) is 0 Å². The van der Waals surface area contributed by atoms with Crippen LogP contribution in [0, 0.1) is 6.92 Å². The second kappa shape index (κ2) is 7.09. The van der Waals surface area contributed by atoms with Gasteiger partial charge in [0.25, 0.3) is 0 Å². The third-order valence-corrected chi connectivity index (χ3v) is 5.27. The lowest BCUT2D eigenvalue weighted by Gasteiger charge is -2.14. The zero-order chi connectivity index (χ0) is 18.1. The van der Waals surface area contributed by atoms with Crippen LogP contribution < -0.4 is 16.0 Å². The summed E-state index contributed by atoms with van der Waals surface area (Å²) >= 11 is 6.61. The van der Waals surface area contributed by atoms with Crippen LogP contribution in [-0.2, 0) is 0 Å². The number of hydrogen-bond donors (Lipinski definition) is 3. The number of nitrogens with one attached hydrogen (secondary N) is 3. The van der Waals surface area contributed by atoms with Crippen LogP contribution in [0.3, 0.4) is 0 Å². The fourth-order valence-corrected chi connectivity index (χ4v) is 3.85. The second-order valence-electron chi connectivity index (χ2n) is 6.67. The molecule has 0 spiro atoms. The highest BCUT2D eigenvalue weighted by Crippen LogP contribution is 2.37. The molecule has 0 unspecified atom stereocenters. The van der Waals surface area contributed by atoms with Crippen molar-refractivity contribution in [2.24, 2.45) is 0 Å². The van der Waals surface area contributed by atoms with Crippen molar-refractivity contribution >= 4 is 34.1 Å². The normalized spacial score (nSPS) is 16.8. The van der Waals surface area contributed by atoms with E-state index in [1.54, 1.807) is 0 Å². The van der Waals surface area contributed by atoms with Gasteiger partial charge in [0.15, 0.2) is 0 Å². The zero-order valence-corrected chi connectivity index (χ0v) is 15.7. The number of nitrogens with zero attached hydrogens (tertiary/aromatic N) is 2. The van der Waals surface area contributed by atoms with Gasteiger partial charge < -0.3 is 16.0 Å². The highest BCUT2D eigenvalue weighted by atomic mass is 35.5. The number of benzene rings is 2. The number of fused-ring (bicyclic) bond motifs is 1. The summed E-state index contributed by atoms with van der Waals surface area (Å²) in [4.78, 5) is 9.15. The van der Waals surface area contributed by atoms with E-state index < -0.39 is 0 Å². The van der Waals surface area contributed by atoms with Crippen LogP contribution in [0.5, 0.6) is 0 Å². The Balaban J connectivity index is 1.70. The van der Waals surface area contributed by atoms with Gasteiger partial charge in [0.2, 0.25) is 5.95 Å². The summed E-state index contributed by atoms with van der Waals surface area (Å²) in [6, 6.07) is 10.7. The van der Waals surface area contributed by atoms with Crippen molar-refractivity contribution in [3.8, 4) is 11.1 Å². The number of rotatable bonds is 4. The van der Waals surface area contributed by atoms with Gasteiger partial charge in [-0.05, 0) is 49.2 Å². The van der Waals surface area contributed by atoms with Gasteiger partial charge in [0.05, 0.1) is 16.2 Å². The van der Waals surface area contributed by atoms with Crippen LogP contribution in [0.2, 0.25) is 5.02 Å². The van der Waals surface area contributed by atoms with Crippen LogP contribution in [0.25, 0.3) is 22.0 Å². The fraction of sp³-hybridized carbons (Fsp3) is 0.300. The number of hydrogen-bond acceptors (Lipinski definition) is 5. The van der Waals surface area contributed by atoms with Crippen molar-refractivity contribution < 1.29 is 0 Å². The van der Waals surface area contributed by atoms with E-state index in [-0.39, 0.29) is 0 Å². The first-order valence-corrected chi connectivity index (χ1v) is 9.25. The van der Waals surface area contributed by atoms with E-state index in [4.69, 9.17) is 11.6 Å². The molecule has 4 rings (SSSR count). The molecular formula is C20H22ClN5. The molecular weight excluding hydrogens is 346 g/mol. The molecule has 0 saturated carbocycles. The minimum Gasteiger partial charge on any atom is -0.387 e. The maximum atomic E-state index is 6.61. The molecule has 1 saturated heterocycles. The van der Waals surface area contributed by atoms with Gasteiger partial charge in [-0.1, -0.05) is 23.7 Å². The Morgan fingerprint density at radius 3 is 2.88 bits per heavy atom. The molecule has 1 aliphatic heterocycles. The number of anilines is 2. The Kier molecular flexibility index (Phi) is 4.66. The minimum absolute atomic E-state index is 0.400. The van der Waals surface area contributed by atoms with Crippen molar-refractivity contribution in [1.29, 1.82) is 0 Å². The Labute approximate surface area is 158 Å². The van der Waals surface area contributed by atoms with E-state index in [1.165, 1.54) is 0 Å². The van der Waals surface area contributed by atoms with Crippen molar-refractivity contribution in [2.75, 3.05) is 30.8 Å². The van der Waals surface area contributed by atoms with Gasteiger partial charge in [0, 0.05) is 36.8 Å². The van der Waals surface area contributed by atoms with Crippen LogP contribution in [0.15, 0.2) is 36.5 Å². The molecule has 6 heteroatoms. The van der Waals surface area contributed by atoms with E-state index in [9.17, 15) is 0 Å². The number of aromatic nitrogens is 2. The maximum Gasteiger partial charge on any atom is 0.223 e. The molecule has 1 aliphatic rings. The summed E-state index contributed by atoms with van der Waals surface area (Å²) in [6.45, 7) is 4.07. The van der Waals surface area contributed by atoms with Crippen molar-refractivity contribution in [1.82, 2.24) is 15.3 Å². The first kappa shape index (κ1) is 17.1. The van der Waals surface area contributed by atoms with E-state index >= 15 is 0 Å². The third-order valence-electron chi connectivity index (χ3n) is 4.88. The average Bonchev–Trinajstić information content (AvgIpc) is 3.15. The molecule has 3 N–H and O–H groups in total. The summed E-state index contributed by atoms with van der Waals surface area (Å²) in [5, 5.41) is 11.6. The molecule has 0 bridgehead atoms.